The number of nitrogens with two attached hydrogens (primary N) is 1. The van der Waals surface area contributed by atoms with Crippen LogP contribution in [0.25, 0.3) is 0 Å². The largest absolute Gasteiger partial charge is 0.465 e. The minimum atomic E-state index is 0. The third-order valence-electron chi connectivity index (χ3n) is 2.35. The first-order valence-corrected chi connectivity index (χ1v) is 4.47. The lowest BCUT2D eigenvalue weighted by molar-refractivity contribution is 0.368. The van der Waals surface area contributed by atoms with Crippen molar-refractivity contribution in [1.82, 2.24) is 0 Å². The van der Waals surface area contributed by atoms with E-state index in [2.05, 4.69) is 13.8 Å². The molecule has 0 saturated carbocycles. The summed E-state index contributed by atoms with van der Waals surface area (Å²) in [5.41, 5.74) is 5.97. The first-order chi connectivity index (χ1) is 5.65. The zero-order valence-electron chi connectivity index (χ0n) is 8.41. The smallest absolute Gasteiger partial charge is 0.121 e. The molecule has 1 rings (SSSR count). The molecule has 0 bridgehead atoms. The van der Waals surface area contributed by atoms with Gasteiger partial charge in [-0.15, -0.1) is 12.4 Å². The fourth-order valence-electron chi connectivity index (χ4n) is 1.17. The first-order valence-electron chi connectivity index (χ1n) is 4.47. The van der Waals surface area contributed by atoms with E-state index in [9.17, 15) is 0 Å². The Labute approximate surface area is 85.9 Å². The van der Waals surface area contributed by atoms with Gasteiger partial charge in [0, 0.05) is 0 Å². The van der Waals surface area contributed by atoms with E-state index in [1.54, 1.807) is 0 Å². The van der Waals surface area contributed by atoms with Gasteiger partial charge >= 0.3 is 0 Å². The van der Waals surface area contributed by atoms with Crippen LogP contribution in [0.4, 0.5) is 0 Å². The number of halogens is 1. The van der Waals surface area contributed by atoms with Gasteiger partial charge in [-0.05, 0) is 25.0 Å². The quantitative estimate of drug-likeness (QED) is 0.820. The molecule has 1 aromatic heterocycles. The van der Waals surface area contributed by atoms with E-state index in [0.29, 0.717) is 5.92 Å². The molecule has 0 aliphatic rings. The van der Waals surface area contributed by atoms with Crippen molar-refractivity contribution >= 4 is 12.4 Å². The van der Waals surface area contributed by atoms with Crippen LogP contribution in [0.15, 0.2) is 16.5 Å². The second-order valence-electron chi connectivity index (χ2n) is 3.36. The molecular formula is C10H18ClNO. The molecule has 2 nitrogen and oxygen atoms in total. The highest BCUT2D eigenvalue weighted by molar-refractivity contribution is 5.85. The molecule has 3 heteroatoms. The summed E-state index contributed by atoms with van der Waals surface area (Å²) in [5, 5.41) is 0. The summed E-state index contributed by atoms with van der Waals surface area (Å²) < 4.78 is 5.44. The summed E-state index contributed by atoms with van der Waals surface area (Å²) >= 11 is 0. The van der Waals surface area contributed by atoms with Gasteiger partial charge in [0.25, 0.3) is 0 Å². The number of aryl methyl sites for hydroxylation is 1. The topological polar surface area (TPSA) is 39.2 Å². The standard InChI is InChI=1S/C10H17NO.ClH/c1-4-7(2)10(11)9-6-5-8(3)12-9;/h5-7,10H,4,11H2,1-3H3;1H/t7?,10-;/m0./s1. The molecular weight excluding hydrogens is 186 g/mol. The van der Waals surface area contributed by atoms with E-state index in [1.807, 2.05) is 19.1 Å². The van der Waals surface area contributed by atoms with Gasteiger partial charge < -0.3 is 10.2 Å². The van der Waals surface area contributed by atoms with Crippen LogP contribution in [0.5, 0.6) is 0 Å². The van der Waals surface area contributed by atoms with E-state index in [4.69, 9.17) is 10.2 Å². The van der Waals surface area contributed by atoms with Gasteiger partial charge in [0.2, 0.25) is 0 Å². The van der Waals surface area contributed by atoms with Crippen molar-refractivity contribution in [3.05, 3.63) is 23.7 Å². The van der Waals surface area contributed by atoms with Gasteiger partial charge in [-0.2, -0.15) is 0 Å². The molecule has 1 unspecified atom stereocenters. The maximum Gasteiger partial charge on any atom is 0.121 e. The minimum Gasteiger partial charge on any atom is -0.465 e. The van der Waals surface area contributed by atoms with Crippen LogP contribution < -0.4 is 5.73 Å². The fraction of sp³-hybridized carbons (Fsp3) is 0.600. The molecule has 0 saturated heterocycles. The highest BCUT2D eigenvalue weighted by atomic mass is 35.5. The lowest BCUT2D eigenvalue weighted by Gasteiger charge is -2.15. The van der Waals surface area contributed by atoms with Crippen molar-refractivity contribution in [3.63, 3.8) is 0 Å². The maximum absolute atomic E-state index is 5.97. The van der Waals surface area contributed by atoms with E-state index in [0.717, 1.165) is 17.9 Å². The third-order valence-corrected chi connectivity index (χ3v) is 2.35. The predicted octanol–water partition coefficient (Wildman–Crippen LogP) is 3.06. The van der Waals surface area contributed by atoms with Crippen molar-refractivity contribution in [2.75, 3.05) is 0 Å². The summed E-state index contributed by atoms with van der Waals surface area (Å²) in [6.07, 6.45) is 1.08. The minimum absolute atomic E-state index is 0. The van der Waals surface area contributed by atoms with Crippen LogP contribution in [-0.2, 0) is 0 Å². The Kier molecular flexibility index (Phi) is 5.11. The summed E-state index contributed by atoms with van der Waals surface area (Å²) in [7, 11) is 0. The zero-order chi connectivity index (χ0) is 9.14. The number of hydrogen-bond donors (Lipinski definition) is 1. The average Bonchev–Trinajstić information content (AvgIpc) is 2.49. The lowest BCUT2D eigenvalue weighted by Crippen LogP contribution is -2.17. The predicted molar refractivity (Wildman–Crippen MR) is 57.1 cm³/mol. The number of rotatable bonds is 3. The molecule has 0 spiro atoms. The molecule has 1 aromatic rings. The van der Waals surface area contributed by atoms with Gasteiger partial charge in [0.05, 0.1) is 6.04 Å². The molecule has 0 amide bonds. The molecule has 76 valence electrons. The van der Waals surface area contributed by atoms with Crippen LogP contribution in [-0.4, -0.2) is 0 Å². The van der Waals surface area contributed by atoms with Crippen LogP contribution in [0.1, 0.15) is 37.8 Å². The third kappa shape index (κ3) is 3.05. The Morgan fingerprint density at radius 3 is 2.46 bits per heavy atom. The van der Waals surface area contributed by atoms with Crippen molar-refractivity contribution < 1.29 is 4.42 Å². The van der Waals surface area contributed by atoms with Gasteiger partial charge in [0.15, 0.2) is 0 Å². The molecule has 2 atom stereocenters. The Hall–Kier alpha value is -0.470. The molecule has 0 aromatic carbocycles. The van der Waals surface area contributed by atoms with Gasteiger partial charge in [0.1, 0.15) is 11.5 Å². The van der Waals surface area contributed by atoms with Crippen LogP contribution in [0.3, 0.4) is 0 Å². The van der Waals surface area contributed by atoms with E-state index in [-0.39, 0.29) is 18.4 Å². The van der Waals surface area contributed by atoms with Crippen molar-refractivity contribution in [1.29, 1.82) is 0 Å². The second-order valence-corrected chi connectivity index (χ2v) is 3.36. The van der Waals surface area contributed by atoms with Crippen LogP contribution >= 0.6 is 12.4 Å². The molecule has 13 heavy (non-hydrogen) atoms. The van der Waals surface area contributed by atoms with Crippen LogP contribution in [0.2, 0.25) is 0 Å². The molecule has 0 radical (unpaired) electrons. The highest BCUT2D eigenvalue weighted by Gasteiger charge is 2.15. The Balaban J connectivity index is 0.00000144. The first kappa shape index (κ1) is 12.5. The van der Waals surface area contributed by atoms with Crippen molar-refractivity contribution in [2.24, 2.45) is 11.7 Å². The van der Waals surface area contributed by atoms with E-state index in [1.165, 1.54) is 0 Å². The van der Waals surface area contributed by atoms with E-state index >= 15 is 0 Å². The van der Waals surface area contributed by atoms with Crippen molar-refractivity contribution in [3.8, 4) is 0 Å². The maximum atomic E-state index is 5.97. The molecule has 2 N–H and O–H groups in total. The summed E-state index contributed by atoms with van der Waals surface area (Å²) in [5.74, 6) is 2.32. The molecule has 0 aliphatic heterocycles. The summed E-state index contributed by atoms with van der Waals surface area (Å²) in [6, 6.07) is 3.97. The monoisotopic (exact) mass is 203 g/mol. The van der Waals surface area contributed by atoms with Gasteiger partial charge in [-0.1, -0.05) is 20.3 Å². The van der Waals surface area contributed by atoms with Gasteiger partial charge in [-0.3, -0.25) is 0 Å². The second kappa shape index (κ2) is 5.30. The van der Waals surface area contributed by atoms with Gasteiger partial charge in [-0.25, -0.2) is 0 Å². The molecule has 1 heterocycles. The Morgan fingerprint density at radius 1 is 1.46 bits per heavy atom. The highest BCUT2D eigenvalue weighted by Crippen LogP contribution is 2.23. The molecule has 0 fully saturated rings. The molecule has 0 aliphatic carbocycles. The summed E-state index contributed by atoms with van der Waals surface area (Å²) in [4.78, 5) is 0. The van der Waals surface area contributed by atoms with E-state index < -0.39 is 0 Å². The Morgan fingerprint density at radius 2 is 2.08 bits per heavy atom. The number of hydrogen-bond acceptors (Lipinski definition) is 2. The SMILES string of the molecule is CCC(C)[C@H](N)c1ccc(C)o1.Cl. The lowest BCUT2D eigenvalue weighted by atomic mass is 9.98. The normalized spacial score (nSPS) is 14.8. The van der Waals surface area contributed by atoms with Crippen molar-refractivity contribution in [2.45, 2.75) is 33.2 Å². The summed E-state index contributed by atoms with van der Waals surface area (Å²) in [6.45, 7) is 6.22. The Bertz CT molecular complexity index is 247. The number of furan rings is 1. The zero-order valence-corrected chi connectivity index (χ0v) is 9.23. The fourth-order valence-corrected chi connectivity index (χ4v) is 1.17. The average molecular weight is 204 g/mol. The van der Waals surface area contributed by atoms with Crippen LogP contribution in [0, 0.1) is 12.8 Å².